The Balaban J connectivity index is 0.000000227. The molecular weight excluding hydrogens is 735 g/mol. The van der Waals surface area contributed by atoms with Gasteiger partial charge in [0.15, 0.2) is 5.78 Å². The van der Waals surface area contributed by atoms with Gasteiger partial charge in [-0.2, -0.15) is 13.2 Å². The van der Waals surface area contributed by atoms with Crippen LogP contribution in [-0.4, -0.2) is 10.7 Å². The lowest BCUT2D eigenvalue weighted by Gasteiger charge is -2.09. The first-order valence-electron chi connectivity index (χ1n) is 13.3. The summed E-state index contributed by atoms with van der Waals surface area (Å²) in [6.45, 7) is 1.93. The number of alkyl halides is 3. The number of ketones is 1. The Morgan fingerprint density at radius 2 is 1.29 bits per heavy atom. The van der Waals surface area contributed by atoms with Crippen molar-refractivity contribution < 1.29 is 22.9 Å². The maximum atomic E-state index is 12.1. The molecule has 0 aliphatic rings. The van der Waals surface area contributed by atoms with E-state index in [1.807, 2.05) is 31.2 Å². The first kappa shape index (κ1) is 40.0. The van der Waals surface area contributed by atoms with E-state index in [0.717, 1.165) is 28.4 Å². The predicted octanol–water partition coefficient (Wildman–Crippen LogP) is 11.2. The molecule has 0 bridgehead atoms. The summed E-state index contributed by atoms with van der Waals surface area (Å²) in [5, 5.41) is 11.8. The van der Waals surface area contributed by atoms with Gasteiger partial charge in [-0.1, -0.05) is 94.4 Å². The van der Waals surface area contributed by atoms with E-state index < -0.39 is 16.7 Å². The Morgan fingerprint density at radius 1 is 0.708 bits per heavy atom. The third-order valence-corrected chi connectivity index (χ3v) is 7.56. The number of hydrogen-bond acceptors (Lipinski definition) is 6. The Morgan fingerprint density at radius 3 is 1.79 bits per heavy atom. The fourth-order valence-corrected chi connectivity index (χ4v) is 4.48. The van der Waals surface area contributed by atoms with Crippen molar-refractivity contribution in [3.05, 3.63) is 161 Å². The van der Waals surface area contributed by atoms with Gasteiger partial charge in [0.25, 0.3) is 5.69 Å². The van der Waals surface area contributed by atoms with E-state index in [0.29, 0.717) is 26.9 Å². The largest absolute Gasteiger partial charge is 0.418 e. The van der Waals surface area contributed by atoms with Gasteiger partial charge in [0.05, 0.1) is 20.5 Å². The van der Waals surface area contributed by atoms with E-state index in [-0.39, 0.29) is 27.2 Å². The second kappa shape index (κ2) is 18.4. The smallest absolute Gasteiger partial charge is 0.399 e. The van der Waals surface area contributed by atoms with Crippen LogP contribution in [0.2, 0.25) is 25.1 Å². The molecule has 0 saturated carbocycles. The Kier molecular flexibility index (Phi) is 15.3. The number of nitro benzene ring substituents is 1. The average Bonchev–Trinajstić information content (AvgIpc) is 3.03. The summed E-state index contributed by atoms with van der Waals surface area (Å²) in [4.78, 5) is 21.7. The fourth-order valence-electron chi connectivity index (χ4n) is 3.51. The number of nitrogens with two attached hydrogens (primary N) is 3. The van der Waals surface area contributed by atoms with Crippen molar-refractivity contribution in [2.24, 2.45) is 0 Å². The molecule has 0 radical (unpaired) electrons. The van der Waals surface area contributed by atoms with Crippen molar-refractivity contribution in [2.45, 2.75) is 13.1 Å². The minimum Gasteiger partial charge on any atom is -0.399 e. The van der Waals surface area contributed by atoms with E-state index in [1.54, 1.807) is 42.5 Å². The lowest BCUT2D eigenvalue weighted by atomic mass is 10.0. The zero-order valence-electron chi connectivity index (χ0n) is 24.7. The zero-order chi connectivity index (χ0) is 36.2. The summed E-state index contributed by atoms with van der Waals surface area (Å²) in [6, 6.07) is 26.8. The second-order valence-electron chi connectivity index (χ2n) is 9.49. The molecule has 15 heteroatoms. The van der Waals surface area contributed by atoms with Gasteiger partial charge in [0.1, 0.15) is 5.02 Å². The molecule has 252 valence electrons. The SMILES string of the molecule is Cc1cc(Cl)ccc1N.Nc1ccc(Cl)c([N+](=O)[O-])c1.Nc1ccc(Cl)cc1C(F)(F)F.O=C(c1ccccc1)c1cccc(Cl)c1Cl. The van der Waals surface area contributed by atoms with Crippen molar-refractivity contribution in [3.63, 3.8) is 0 Å². The van der Waals surface area contributed by atoms with Crippen molar-refractivity contribution in [1.29, 1.82) is 0 Å². The van der Waals surface area contributed by atoms with Crippen LogP contribution in [0.25, 0.3) is 0 Å². The standard InChI is InChI=1S/C13H8Cl2O.C7H5ClF3N.C7H8ClN.C6H5ClN2O2/c14-11-8-4-7-10(12(11)15)13(16)9-5-2-1-3-6-9;8-4-1-2-6(12)5(3-4)7(9,10)11;1-5-4-6(8)2-3-7(5)9;7-5-2-1-4(8)3-6(5)9(10)11/h1-8H;1-3H,12H2;2-4H,9H2,1H3;1-3H,8H2. The number of aryl methyl sites for hydroxylation is 1. The number of hydrogen-bond donors (Lipinski definition) is 3. The van der Waals surface area contributed by atoms with Crippen LogP contribution in [-0.2, 0) is 6.18 Å². The molecule has 0 unspecified atom stereocenters. The average molecular weight is 761 g/mol. The molecule has 0 aromatic heterocycles. The molecule has 48 heavy (non-hydrogen) atoms. The minimum absolute atomic E-state index is 0.0246. The number of halogens is 8. The summed E-state index contributed by atoms with van der Waals surface area (Å²) >= 11 is 28.4. The molecule has 0 fully saturated rings. The first-order valence-corrected chi connectivity index (χ1v) is 15.2. The van der Waals surface area contributed by atoms with Crippen LogP contribution < -0.4 is 17.2 Å². The fraction of sp³-hybridized carbons (Fsp3) is 0.0606. The molecule has 5 aromatic carbocycles. The highest BCUT2D eigenvalue weighted by molar-refractivity contribution is 6.44. The van der Waals surface area contributed by atoms with Gasteiger partial charge in [-0.25, -0.2) is 0 Å². The van der Waals surface area contributed by atoms with Gasteiger partial charge >= 0.3 is 6.18 Å². The maximum absolute atomic E-state index is 12.1. The monoisotopic (exact) mass is 758 g/mol. The topological polar surface area (TPSA) is 138 Å². The summed E-state index contributed by atoms with van der Waals surface area (Å²) in [7, 11) is 0. The van der Waals surface area contributed by atoms with Gasteiger partial charge in [0, 0.05) is 44.3 Å². The van der Waals surface area contributed by atoms with E-state index in [9.17, 15) is 28.1 Å². The normalized spacial score (nSPS) is 10.3. The summed E-state index contributed by atoms with van der Waals surface area (Å²) in [6.07, 6.45) is -4.44. The highest BCUT2D eigenvalue weighted by atomic mass is 35.5. The second-order valence-corrected chi connectivity index (χ2v) is 11.6. The molecule has 6 N–H and O–H groups in total. The van der Waals surface area contributed by atoms with Gasteiger partial charge in [-0.3, -0.25) is 14.9 Å². The van der Waals surface area contributed by atoms with Crippen LogP contribution in [0.1, 0.15) is 27.0 Å². The van der Waals surface area contributed by atoms with Crippen molar-refractivity contribution in [3.8, 4) is 0 Å². The molecule has 0 aliphatic heterocycles. The number of carbonyl (C=O) groups is 1. The number of anilines is 3. The number of carbonyl (C=O) groups excluding carboxylic acids is 1. The van der Waals surface area contributed by atoms with Gasteiger partial charge in [-0.05, 0) is 73.2 Å². The number of nitrogens with zero attached hydrogens (tertiary/aromatic N) is 1. The van der Waals surface area contributed by atoms with Gasteiger partial charge in [0.2, 0.25) is 0 Å². The van der Waals surface area contributed by atoms with Gasteiger partial charge in [-0.15, -0.1) is 0 Å². The molecule has 7 nitrogen and oxygen atoms in total. The predicted molar refractivity (Wildman–Crippen MR) is 190 cm³/mol. The molecule has 0 aliphatic carbocycles. The van der Waals surface area contributed by atoms with E-state index in [2.05, 4.69) is 0 Å². The third-order valence-electron chi connectivity index (χ3n) is 5.95. The quantitative estimate of drug-likeness (QED) is 0.0724. The number of rotatable bonds is 3. The lowest BCUT2D eigenvalue weighted by Crippen LogP contribution is -2.08. The van der Waals surface area contributed by atoms with E-state index in [4.69, 9.17) is 75.2 Å². The zero-order valence-corrected chi connectivity index (χ0v) is 28.5. The van der Waals surface area contributed by atoms with Crippen molar-refractivity contribution >= 4 is 86.5 Å². The number of nitrogen functional groups attached to an aromatic ring is 3. The molecule has 0 heterocycles. The van der Waals surface area contributed by atoms with Crippen LogP contribution in [0.3, 0.4) is 0 Å². The van der Waals surface area contributed by atoms with Crippen LogP contribution in [0.4, 0.5) is 35.9 Å². The molecule has 0 atom stereocenters. The van der Waals surface area contributed by atoms with E-state index in [1.165, 1.54) is 24.3 Å². The van der Waals surface area contributed by atoms with Gasteiger partial charge < -0.3 is 17.2 Å². The lowest BCUT2D eigenvalue weighted by molar-refractivity contribution is -0.384. The Labute approximate surface area is 299 Å². The Bertz CT molecular complexity index is 1880. The van der Waals surface area contributed by atoms with Crippen molar-refractivity contribution in [2.75, 3.05) is 17.2 Å². The number of benzene rings is 5. The molecular formula is C33H26Cl5F3N4O3. The first-order chi connectivity index (χ1) is 22.4. The van der Waals surface area contributed by atoms with Crippen LogP contribution >= 0.6 is 58.0 Å². The molecule has 0 amide bonds. The summed E-state index contributed by atoms with van der Waals surface area (Å²) < 4.78 is 36.3. The highest BCUT2D eigenvalue weighted by Gasteiger charge is 2.32. The summed E-state index contributed by atoms with van der Waals surface area (Å²) in [5.74, 6) is -0.117. The Hall–Kier alpha value is -4.19. The molecule has 5 rings (SSSR count). The van der Waals surface area contributed by atoms with E-state index >= 15 is 0 Å². The van der Waals surface area contributed by atoms with Crippen molar-refractivity contribution in [1.82, 2.24) is 0 Å². The molecule has 5 aromatic rings. The summed E-state index contributed by atoms with van der Waals surface area (Å²) in [5.41, 5.74) is 17.8. The highest BCUT2D eigenvalue weighted by Crippen LogP contribution is 2.35. The van der Waals surface area contributed by atoms with Crippen LogP contribution in [0.15, 0.2) is 103 Å². The maximum Gasteiger partial charge on any atom is 0.418 e. The van der Waals surface area contributed by atoms with Crippen LogP contribution in [0.5, 0.6) is 0 Å². The molecule has 0 saturated heterocycles. The minimum atomic E-state index is -4.44. The molecule has 0 spiro atoms. The number of nitro groups is 1. The third kappa shape index (κ3) is 12.4. The van der Waals surface area contributed by atoms with Crippen LogP contribution in [0, 0.1) is 17.0 Å².